The summed E-state index contributed by atoms with van der Waals surface area (Å²) in [5.41, 5.74) is 0.991. The van der Waals surface area contributed by atoms with Crippen LogP contribution in [0.3, 0.4) is 0 Å². The number of methoxy groups -OCH3 is 2. The van der Waals surface area contributed by atoms with Gasteiger partial charge in [0, 0.05) is 38.6 Å². The van der Waals surface area contributed by atoms with Crippen LogP contribution in [-0.4, -0.2) is 48.3 Å². The van der Waals surface area contributed by atoms with E-state index in [0.717, 1.165) is 17.7 Å². The number of carbonyl (C=O) groups excluding carboxylic acids is 1. The molecular formula is C18H23N3O4. The molecule has 0 saturated carbocycles. The van der Waals surface area contributed by atoms with E-state index in [0.29, 0.717) is 44.3 Å². The summed E-state index contributed by atoms with van der Waals surface area (Å²) >= 11 is 0. The summed E-state index contributed by atoms with van der Waals surface area (Å²) < 4.78 is 15.8. The van der Waals surface area contributed by atoms with Crippen molar-refractivity contribution in [3.05, 3.63) is 41.5 Å². The molecule has 0 unspecified atom stereocenters. The largest absolute Gasteiger partial charge is 0.496 e. The van der Waals surface area contributed by atoms with E-state index < -0.39 is 0 Å². The monoisotopic (exact) mass is 345 g/mol. The number of nitrogens with zero attached hydrogens (tertiary/aromatic N) is 3. The maximum Gasteiger partial charge on any atom is 0.231 e. The number of hydrogen-bond donors (Lipinski definition) is 0. The van der Waals surface area contributed by atoms with Gasteiger partial charge >= 0.3 is 0 Å². The fourth-order valence-electron chi connectivity index (χ4n) is 3.04. The molecule has 7 nitrogen and oxygen atoms in total. The third-order valence-corrected chi connectivity index (χ3v) is 4.42. The van der Waals surface area contributed by atoms with E-state index in [4.69, 9.17) is 14.0 Å². The molecule has 1 aromatic carbocycles. The summed E-state index contributed by atoms with van der Waals surface area (Å²) in [7, 11) is 3.28. The fourth-order valence-corrected chi connectivity index (χ4v) is 3.04. The van der Waals surface area contributed by atoms with E-state index in [1.807, 2.05) is 29.2 Å². The van der Waals surface area contributed by atoms with Crippen LogP contribution in [0, 0.1) is 0 Å². The van der Waals surface area contributed by atoms with Crippen LogP contribution in [-0.2, 0) is 22.5 Å². The summed E-state index contributed by atoms with van der Waals surface area (Å²) in [6.07, 6.45) is 1.83. The fraction of sp³-hybridized carbons (Fsp3) is 0.500. The quantitative estimate of drug-likeness (QED) is 0.765. The van der Waals surface area contributed by atoms with Crippen LogP contribution in [0.15, 0.2) is 28.8 Å². The average molecular weight is 345 g/mol. The van der Waals surface area contributed by atoms with Gasteiger partial charge in [-0.15, -0.1) is 0 Å². The molecule has 2 aromatic rings. The molecule has 0 spiro atoms. The van der Waals surface area contributed by atoms with Crippen LogP contribution in [0.4, 0.5) is 0 Å². The molecule has 25 heavy (non-hydrogen) atoms. The normalized spacial score (nSPS) is 17.8. The van der Waals surface area contributed by atoms with Crippen LogP contribution >= 0.6 is 0 Å². The van der Waals surface area contributed by atoms with E-state index in [1.54, 1.807) is 14.2 Å². The van der Waals surface area contributed by atoms with Crippen molar-refractivity contribution >= 4 is 5.91 Å². The lowest BCUT2D eigenvalue weighted by molar-refractivity contribution is -0.134. The molecule has 1 saturated heterocycles. The molecule has 1 fully saturated rings. The van der Waals surface area contributed by atoms with Crippen LogP contribution < -0.4 is 4.74 Å². The topological polar surface area (TPSA) is 77.7 Å². The van der Waals surface area contributed by atoms with Gasteiger partial charge in [-0.05, 0) is 12.5 Å². The first-order valence-electron chi connectivity index (χ1n) is 8.42. The molecule has 1 amide bonds. The first kappa shape index (κ1) is 17.4. The first-order valence-corrected chi connectivity index (χ1v) is 8.42. The Kier molecular flexibility index (Phi) is 5.65. The van der Waals surface area contributed by atoms with Gasteiger partial charge in [0.15, 0.2) is 5.82 Å². The number of para-hydroxylation sites is 1. The van der Waals surface area contributed by atoms with Crippen molar-refractivity contribution in [2.24, 2.45) is 0 Å². The standard InChI is InChI=1S/C18H23N3O4/c1-23-10-9-16-19-18(25-20-16)14-7-8-17(22)21(12-14)11-13-5-3-4-6-15(13)24-2/h3-6,14H,7-12H2,1-2H3/t14-/m0/s1. The lowest BCUT2D eigenvalue weighted by atomic mass is 9.97. The van der Waals surface area contributed by atoms with E-state index in [2.05, 4.69) is 10.1 Å². The van der Waals surface area contributed by atoms with Gasteiger partial charge in [0.25, 0.3) is 0 Å². The van der Waals surface area contributed by atoms with Crippen LogP contribution in [0.1, 0.15) is 36.0 Å². The molecule has 1 aliphatic heterocycles. The van der Waals surface area contributed by atoms with Crippen molar-refractivity contribution in [2.75, 3.05) is 27.4 Å². The molecule has 0 bridgehead atoms. The Morgan fingerprint density at radius 3 is 2.96 bits per heavy atom. The van der Waals surface area contributed by atoms with E-state index in [1.165, 1.54) is 0 Å². The Morgan fingerprint density at radius 2 is 2.16 bits per heavy atom. The summed E-state index contributed by atoms with van der Waals surface area (Å²) in [5, 5.41) is 3.99. The molecular weight excluding hydrogens is 322 g/mol. The van der Waals surface area contributed by atoms with Crippen molar-refractivity contribution in [2.45, 2.75) is 31.7 Å². The number of aromatic nitrogens is 2. The van der Waals surface area contributed by atoms with Gasteiger partial charge in [-0.3, -0.25) is 4.79 Å². The Bertz CT molecular complexity index is 716. The number of benzene rings is 1. The van der Waals surface area contributed by atoms with Crippen LogP contribution in [0.2, 0.25) is 0 Å². The zero-order chi connectivity index (χ0) is 17.6. The zero-order valence-electron chi connectivity index (χ0n) is 14.6. The number of hydrogen-bond acceptors (Lipinski definition) is 6. The number of carbonyl (C=O) groups is 1. The van der Waals surface area contributed by atoms with Gasteiger partial charge in [0.05, 0.1) is 19.6 Å². The third kappa shape index (κ3) is 4.17. The second kappa shape index (κ2) is 8.11. The SMILES string of the molecule is COCCc1noc([C@H]2CCC(=O)N(Cc3ccccc3OC)C2)n1. The van der Waals surface area contributed by atoms with Gasteiger partial charge in [-0.2, -0.15) is 4.98 Å². The minimum absolute atomic E-state index is 0.0659. The molecule has 3 rings (SSSR count). The molecule has 1 atom stereocenters. The highest BCUT2D eigenvalue weighted by Crippen LogP contribution is 2.29. The Morgan fingerprint density at radius 1 is 1.32 bits per heavy atom. The van der Waals surface area contributed by atoms with Crippen LogP contribution in [0.5, 0.6) is 5.75 Å². The highest BCUT2D eigenvalue weighted by molar-refractivity contribution is 5.77. The number of amides is 1. The summed E-state index contributed by atoms with van der Waals surface area (Å²) in [6.45, 7) is 1.65. The van der Waals surface area contributed by atoms with E-state index in [9.17, 15) is 4.79 Å². The highest BCUT2D eigenvalue weighted by Gasteiger charge is 2.30. The maximum atomic E-state index is 12.3. The number of rotatable bonds is 7. The molecule has 134 valence electrons. The van der Waals surface area contributed by atoms with Crippen LogP contribution in [0.25, 0.3) is 0 Å². The number of ether oxygens (including phenoxy) is 2. The Labute approximate surface area is 146 Å². The van der Waals surface area contributed by atoms with Crippen molar-refractivity contribution in [1.29, 1.82) is 0 Å². The molecule has 7 heteroatoms. The molecule has 0 radical (unpaired) electrons. The number of likely N-dealkylation sites (tertiary alicyclic amines) is 1. The Balaban J connectivity index is 1.69. The maximum absolute atomic E-state index is 12.3. The predicted octanol–water partition coefficient (Wildman–Crippen LogP) is 2.17. The molecule has 0 aliphatic carbocycles. The van der Waals surface area contributed by atoms with Gasteiger partial charge < -0.3 is 18.9 Å². The zero-order valence-corrected chi connectivity index (χ0v) is 14.6. The van der Waals surface area contributed by atoms with Gasteiger partial charge in [0.1, 0.15) is 5.75 Å². The summed E-state index contributed by atoms with van der Waals surface area (Å²) in [5.74, 6) is 2.24. The first-order chi connectivity index (χ1) is 12.2. The summed E-state index contributed by atoms with van der Waals surface area (Å²) in [4.78, 5) is 18.6. The predicted molar refractivity (Wildman–Crippen MR) is 90.3 cm³/mol. The molecule has 2 heterocycles. The van der Waals surface area contributed by atoms with E-state index in [-0.39, 0.29) is 11.8 Å². The smallest absolute Gasteiger partial charge is 0.231 e. The molecule has 0 N–H and O–H groups in total. The minimum atomic E-state index is 0.0659. The third-order valence-electron chi connectivity index (χ3n) is 4.42. The lowest BCUT2D eigenvalue weighted by Gasteiger charge is -2.31. The van der Waals surface area contributed by atoms with Gasteiger partial charge in [0.2, 0.25) is 11.8 Å². The summed E-state index contributed by atoms with van der Waals surface area (Å²) in [6, 6.07) is 7.75. The van der Waals surface area contributed by atoms with E-state index >= 15 is 0 Å². The second-order valence-electron chi connectivity index (χ2n) is 6.11. The second-order valence-corrected chi connectivity index (χ2v) is 6.11. The van der Waals surface area contributed by atoms with Crippen molar-refractivity contribution < 1.29 is 18.8 Å². The van der Waals surface area contributed by atoms with Crippen molar-refractivity contribution in [3.63, 3.8) is 0 Å². The van der Waals surface area contributed by atoms with Gasteiger partial charge in [-0.1, -0.05) is 23.4 Å². The average Bonchev–Trinajstić information content (AvgIpc) is 3.11. The van der Waals surface area contributed by atoms with Crippen molar-refractivity contribution in [3.8, 4) is 5.75 Å². The van der Waals surface area contributed by atoms with Gasteiger partial charge in [-0.25, -0.2) is 0 Å². The Hall–Kier alpha value is -2.41. The van der Waals surface area contributed by atoms with Crippen molar-refractivity contribution in [1.82, 2.24) is 15.0 Å². The lowest BCUT2D eigenvalue weighted by Crippen LogP contribution is -2.38. The minimum Gasteiger partial charge on any atom is -0.496 e. The highest BCUT2D eigenvalue weighted by atomic mass is 16.5. The molecule has 1 aliphatic rings. The number of piperidine rings is 1. The molecule has 1 aromatic heterocycles.